The van der Waals surface area contributed by atoms with Gasteiger partial charge >= 0.3 is 12.2 Å². The maximum absolute atomic E-state index is 13.6. The fourth-order valence-corrected chi connectivity index (χ4v) is 4.44. The van der Waals surface area contributed by atoms with Crippen LogP contribution in [0.5, 0.6) is 0 Å². The van der Waals surface area contributed by atoms with Crippen LogP contribution >= 0.6 is 15.9 Å². The summed E-state index contributed by atoms with van der Waals surface area (Å²) < 4.78 is 24.8. The predicted molar refractivity (Wildman–Crippen MR) is 107 cm³/mol. The highest BCUT2D eigenvalue weighted by atomic mass is 79.9. The second-order valence-corrected chi connectivity index (χ2v) is 9.25. The number of fused-ring (bicyclic) bond motifs is 2. The van der Waals surface area contributed by atoms with Crippen LogP contribution in [0.3, 0.4) is 0 Å². The molecule has 8 heteroatoms. The van der Waals surface area contributed by atoms with Gasteiger partial charge in [0, 0.05) is 6.04 Å². The van der Waals surface area contributed by atoms with Crippen molar-refractivity contribution >= 4 is 33.8 Å². The molecule has 2 bridgehead atoms. The van der Waals surface area contributed by atoms with Gasteiger partial charge in [-0.3, -0.25) is 10.2 Å². The molecule has 0 spiro atoms. The van der Waals surface area contributed by atoms with Crippen molar-refractivity contribution < 1.29 is 23.5 Å². The molecule has 0 saturated carbocycles. The first-order chi connectivity index (χ1) is 13.1. The highest BCUT2D eigenvalue weighted by Crippen LogP contribution is 2.45. The second-order valence-electron chi connectivity index (χ2n) is 8.46. The van der Waals surface area contributed by atoms with Crippen molar-refractivity contribution in [2.45, 2.75) is 70.1 Å². The molecule has 6 nitrogen and oxygen atoms in total. The lowest BCUT2D eigenvalue weighted by Gasteiger charge is -2.44. The van der Waals surface area contributed by atoms with Crippen molar-refractivity contribution in [1.29, 1.82) is 0 Å². The SMILES string of the molecule is CC(C)(C)OC(=O)N1[C@@H]2CCC[C@@]1(COC(=O)Nc1cccc(F)c1Br)CC2. The average Bonchev–Trinajstić information content (AvgIpc) is 2.82. The minimum absolute atomic E-state index is 0.0848. The van der Waals surface area contributed by atoms with Gasteiger partial charge in [0.05, 0.1) is 15.7 Å². The van der Waals surface area contributed by atoms with E-state index < -0.39 is 23.1 Å². The number of carbonyl (C=O) groups excluding carboxylic acids is 2. The number of benzene rings is 1. The van der Waals surface area contributed by atoms with Gasteiger partial charge in [0.25, 0.3) is 0 Å². The van der Waals surface area contributed by atoms with Gasteiger partial charge in [0.1, 0.15) is 18.0 Å². The van der Waals surface area contributed by atoms with E-state index in [-0.39, 0.29) is 23.2 Å². The number of amides is 2. The van der Waals surface area contributed by atoms with Gasteiger partial charge in [-0.25, -0.2) is 14.0 Å². The number of nitrogens with zero attached hydrogens (tertiary/aromatic N) is 1. The molecule has 2 atom stereocenters. The monoisotopic (exact) mass is 456 g/mol. The Bertz CT molecular complexity index is 763. The lowest BCUT2D eigenvalue weighted by Crippen LogP contribution is -2.57. The Hall–Kier alpha value is -1.83. The van der Waals surface area contributed by atoms with Gasteiger partial charge in [0.2, 0.25) is 0 Å². The molecule has 1 aromatic rings. The van der Waals surface area contributed by atoms with Crippen molar-refractivity contribution in [3.05, 3.63) is 28.5 Å². The lowest BCUT2D eigenvalue weighted by atomic mass is 9.89. The summed E-state index contributed by atoms with van der Waals surface area (Å²) in [6, 6.07) is 4.49. The quantitative estimate of drug-likeness (QED) is 0.655. The average molecular weight is 457 g/mol. The number of nitrogens with one attached hydrogen (secondary N) is 1. The van der Waals surface area contributed by atoms with Crippen LogP contribution in [0.1, 0.15) is 52.9 Å². The van der Waals surface area contributed by atoms with Crippen LogP contribution in [-0.2, 0) is 9.47 Å². The van der Waals surface area contributed by atoms with Gasteiger partial charge in [-0.15, -0.1) is 0 Å². The van der Waals surface area contributed by atoms with Crippen molar-refractivity contribution in [3.8, 4) is 0 Å². The summed E-state index contributed by atoms with van der Waals surface area (Å²) in [5.74, 6) is -0.474. The number of rotatable bonds is 3. The standard InChI is InChI=1S/C20H26BrFN2O4/c1-19(2,3)28-18(26)24-13-6-5-10-20(24,11-9-13)12-27-17(25)23-15-8-4-7-14(22)16(15)21/h4,7-8,13H,5-6,9-12H2,1-3H3,(H,23,25)/t13-,20+/m1/s1. The van der Waals surface area contributed by atoms with Crippen LogP contribution < -0.4 is 5.32 Å². The van der Waals surface area contributed by atoms with Crippen LogP contribution in [0.25, 0.3) is 0 Å². The normalized spacial score (nSPS) is 24.0. The summed E-state index contributed by atoms with van der Waals surface area (Å²) in [6.07, 6.45) is 3.28. The summed E-state index contributed by atoms with van der Waals surface area (Å²) in [6.45, 7) is 5.60. The predicted octanol–water partition coefficient (Wildman–Crippen LogP) is 5.46. The Kier molecular flexibility index (Phi) is 5.89. The first-order valence-corrected chi connectivity index (χ1v) is 10.3. The first kappa shape index (κ1) is 20.9. The summed E-state index contributed by atoms with van der Waals surface area (Å²) in [5.41, 5.74) is -0.835. The zero-order valence-electron chi connectivity index (χ0n) is 16.4. The molecule has 2 saturated heterocycles. The second kappa shape index (κ2) is 7.89. The molecule has 2 fully saturated rings. The molecule has 3 rings (SSSR count). The highest BCUT2D eigenvalue weighted by Gasteiger charge is 2.53. The molecule has 2 amide bonds. The number of hydrogen-bond donors (Lipinski definition) is 1. The van der Waals surface area contributed by atoms with E-state index in [2.05, 4.69) is 21.2 Å². The minimum Gasteiger partial charge on any atom is -0.447 e. The molecular weight excluding hydrogens is 431 g/mol. The topological polar surface area (TPSA) is 67.9 Å². The van der Waals surface area contributed by atoms with Crippen LogP contribution in [0, 0.1) is 5.82 Å². The van der Waals surface area contributed by atoms with Gasteiger partial charge in [-0.1, -0.05) is 6.07 Å². The molecule has 1 aromatic carbocycles. The molecule has 0 aromatic heterocycles. The van der Waals surface area contributed by atoms with Gasteiger partial charge < -0.3 is 9.47 Å². The van der Waals surface area contributed by atoms with E-state index in [1.54, 1.807) is 11.0 Å². The number of ether oxygens (including phenoxy) is 2. The molecule has 28 heavy (non-hydrogen) atoms. The van der Waals surface area contributed by atoms with Crippen LogP contribution in [0.15, 0.2) is 22.7 Å². The number of halogens is 2. The van der Waals surface area contributed by atoms with E-state index >= 15 is 0 Å². The molecule has 154 valence electrons. The smallest absolute Gasteiger partial charge is 0.411 e. The Morgan fingerprint density at radius 2 is 2.07 bits per heavy atom. The van der Waals surface area contributed by atoms with Crippen molar-refractivity contribution in [1.82, 2.24) is 4.90 Å². The summed E-state index contributed by atoms with van der Waals surface area (Å²) in [4.78, 5) is 26.9. The van der Waals surface area contributed by atoms with Crippen molar-refractivity contribution in [2.24, 2.45) is 0 Å². The minimum atomic E-state index is -0.682. The maximum atomic E-state index is 13.6. The van der Waals surface area contributed by atoms with E-state index in [1.807, 2.05) is 20.8 Å². The summed E-state index contributed by atoms with van der Waals surface area (Å²) >= 11 is 3.11. The number of carbonyl (C=O) groups is 2. The summed E-state index contributed by atoms with van der Waals surface area (Å²) in [5, 5.41) is 2.55. The van der Waals surface area contributed by atoms with E-state index in [0.29, 0.717) is 5.69 Å². The zero-order chi connectivity index (χ0) is 20.5. The van der Waals surface area contributed by atoms with Crippen LogP contribution in [0.4, 0.5) is 19.7 Å². The number of hydrogen-bond acceptors (Lipinski definition) is 4. The Morgan fingerprint density at radius 3 is 2.79 bits per heavy atom. The molecular formula is C20H26BrFN2O4. The first-order valence-electron chi connectivity index (χ1n) is 9.51. The fourth-order valence-electron chi connectivity index (χ4n) is 4.07. The Labute approximate surface area is 172 Å². The molecule has 2 aliphatic heterocycles. The van der Waals surface area contributed by atoms with Gasteiger partial charge in [0.15, 0.2) is 0 Å². The number of anilines is 1. The Balaban J connectivity index is 1.68. The molecule has 2 aliphatic rings. The largest absolute Gasteiger partial charge is 0.447 e. The molecule has 2 heterocycles. The van der Waals surface area contributed by atoms with Crippen molar-refractivity contribution in [2.75, 3.05) is 11.9 Å². The van der Waals surface area contributed by atoms with Crippen LogP contribution in [-0.4, -0.2) is 40.9 Å². The van der Waals surface area contributed by atoms with E-state index in [0.717, 1.165) is 32.1 Å². The molecule has 1 N–H and O–H groups in total. The Morgan fingerprint density at radius 1 is 1.32 bits per heavy atom. The molecule has 0 aliphatic carbocycles. The third-order valence-electron chi connectivity index (χ3n) is 5.25. The van der Waals surface area contributed by atoms with Gasteiger partial charge in [-0.2, -0.15) is 0 Å². The van der Waals surface area contributed by atoms with E-state index in [9.17, 15) is 14.0 Å². The van der Waals surface area contributed by atoms with Crippen molar-refractivity contribution in [3.63, 3.8) is 0 Å². The van der Waals surface area contributed by atoms with Crippen LogP contribution in [0.2, 0.25) is 0 Å². The number of piperidine rings is 1. The third kappa shape index (κ3) is 4.42. The van der Waals surface area contributed by atoms with E-state index in [1.165, 1.54) is 12.1 Å². The fraction of sp³-hybridized carbons (Fsp3) is 0.600. The third-order valence-corrected chi connectivity index (χ3v) is 6.05. The highest BCUT2D eigenvalue weighted by molar-refractivity contribution is 9.10. The molecule has 0 radical (unpaired) electrons. The maximum Gasteiger partial charge on any atom is 0.411 e. The lowest BCUT2D eigenvalue weighted by molar-refractivity contribution is -0.0313. The zero-order valence-corrected chi connectivity index (χ0v) is 18.0. The van der Waals surface area contributed by atoms with Gasteiger partial charge in [-0.05, 0) is 80.9 Å². The van der Waals surface area contributed by atoms with E-state index in [4.69, 9.17) is 9.47 Å². The molecule has 0 unspecified atom stereocenters. The summed E-state index contributed by atoms with van der Waals surface area (Å²) in [7, 11) is 0.